The molecule has 0 fully saturated rings. The molecule has 1 aromatic heterocycles. The summed E-state index contributed by atoms with van der Waals surface area (Å²) in [6.45, 7) is 1.78. The van der Waals surface area contributed by atoms with Crippen LogP contribution in [0.15, 0.2) is 58.3 Å². The van der Waals surface area contributed by atoms with E-state index in [0.717, 1.165) is 0 Å². The Morgan fingerprint density at radius 3 is 2.70 bits per heavy atom. The molecule has 0 saturated heterocycles. The minimum atomic E-state index is -0.500. The van der Waals surface area contributed by atoms with Crippen LogP contribution in [-0.2, 0) is 4.79 Å². The number of nitro benzene ring substituents is 1. The number of aliphatic imine (C=N–C) groups is 1. The van der Waals surface area contributed by atoms with Crippen LogP contribution in [0.5, 0.6) is 0 Å². The second kappa shape index (κ2) is 6.32. The molecule has 10 heteroatoms. The van der Waals surface area contributed by atoms with E-state index in [1.807, 2.05) is 0 Å². The highest BCUT2D eigenvalue weighted by molar-refractivity contribution is 8.26. The third-order valence-electron chi connectivity index (χ3n) is 3.97. The Morgan fingerprint density at radius 1 is 1.26 bits per heavy atom. The largest absolute Gasteiger partial charge is 0.317 e. The number of fused-ring (bicyclic) bond motifs is 1. The molecule has 1 N–H and O–H groups in total. The normalized spacial score (nSPS) is 17.8. The highest BCUT2D eigenvalue weighted by Crippen LogP contribution is 2.28. The van der Waals surface area contributed by atoms with Crippen LogP contribution in [0.1, 0.15) is 12.6 Å². The van der Waals surface area contributed by atoms with Crippen molar-refractivity contribution in [3.8, 4) is 5.69 Å². The van der Waals surface area contributed by atoms with Gasteiger partial charge in [-0.2, -0.15) is 15.1 Å². The second-order valence-corrected chi connectivity index (χ2v) is 6.88. The number of thioether (sulfide) groups is 1. The Bertz CT molecular complexity index is 1080. The van der Waals surface area contributed by atoms with Crippen molar-refractivity contribution in [1.29, 1.82) is 5.41 Å². The minimum Gasteiger partial charge on any atom is -0.317 e. The van der Waals surface area contributed by atoms with Gasteiger partial charge in [0.1, 0.15) is 0 Å². The second-order valence-electron chi connectivity index (χ2n) is 5.72. The van der Waals surface area contributed by atoms with E-state index >= 15 is 0 Å². The molecule has 3 heterocycles. The molecule has 134 valence electrons. The topological polar surface area (TPSA) is 117 Å². The Morgan fingerprint density at radius 2 is 2.00 bits per heavy atom. The first-order valence-electron chi connectivity index (χ1n) is 7.83. The molecular formula is C17H12N6O3S. The standard InChI is InChI=1S/C17H12N6O3S/c1-10-20-22-15(18)14(16(24)19-17(22)27-10)9-13-3-2-8-21(13)11-4-6-12(7-5-11)23(25)26/h2-9,18H,1H3/b14-9+,18-15?. The molecule has 0 unspecified atom stereocenters. The lowest BCUT2D eigenvalue weighted by atomic mass is 10.1. The summed E-state index contributed by atoms with van der Waals surface area (Å²) in [5, 5.41) is 25.7. The molecule has 0 aliphatic carbocycles. The lowest BCUT2D eigenvalue weighted by Crippen LogP contribution is -2.35. The maximum atomic E-state index is 12.4. The Hall–Kier alpha value is -3.53. The van der Waals surface area contributed by atoms with E-state index < -0.39 is 10.8 Å². The van der Waals surface area contributed by atoms with Crippen LogP contribution in [0.25, 0.3) is 11.8 Å². The average Bonchev–Trinajstić information content (AvgIpc) is 3.24. The van der Waals surface area contributed by atoms with Gasteiger partial charge in [0.05, 0.1) is 15.5 Å². The fraction of sp³-hybridized carbons (Fsp3) is 0.0588. The Kier molecular flexibility index (Phi) is 3.96. The molecule has 27 heavy (non-hydrogen) atoms. The van der Waals surface area contributed by atoms with Crippen molar-refractivity contribution in [1.82, 2.24) is 9.58 Å². The summed E-state index contributed by atoms with van der Waals surface area (Å²) in [5.41, 5.74) is 1.46. The fourth-order valence-electron chi connectivity index (χ4n) is 2.72. The monoisotopic (exact) mass is 380 g/mol. The zero-order valence-electron chi connectivity index (χ0n) is 14.0. The number of hydrogen-bond acceptors (Lipinski definition) is 6. The summed E-state index contributed by atoms with van der Waals surface area (Å²) in [4.78, 5) is 26.7. The maximum Gasteiger partial charge on any atom is 0.283 e. The molecule has 0 bridgehead atoms. The number of amides is 1. The quantitative estimate of drug-likeness (QED) is 0.499. The number of hydrogen-bond donors (Lipinski definition) is 1. The summed E-state index contributed by atoms with van der Waals surface area (Å²) in [5.74, 6) is -0.536. The van der Waals surface area contributed by atoms with E-state index in [1.54, 1.807) is 48.0 Å². The SMILES string of the molecule is CC1=NN2C(=N)/C(=C\c3cccn3-c3ccc([N+](=O)[O-])cc3)C(=O)N=C2S1. The number of rotatable bonds is 3. The van der Waals surface area contributed by atoms with Gasteiger partial charge in [-0.3, -0.25) is 20.3 Å². The number of carbonyl (C=O) groups is 1. The molecule has 2 aromatic rings. The van der Waals surface area contributed by atoms with Gasteiger partial charge in [-0.25, -0.2) is 0 Å². The maximum absolute atomic E-state index is 12.4. The average molecular weight is 380 g/mol. The summed E-state index contributed by atoms with van der Waals surface area (Å²) >= 11 is 1.25. The number of amidine groups is 2. The molecule has 2 aliphatic rings. The first-order valence-corrected chi connectivity index (χ1v) is 8.65. The fourth-order valence-corrected chi connectivity index (χ4v) is 3.45. The smallest absolute Gasteiger partial charge is 0.283 e. The van der Waals surface area contributed by atoms with Crippen LogP contribution >= 0.6 is 11.8 Å². The third-order valence-corrected chi connectivity index (χ3v) is 4.79. The van der Waals surface area contributed by atoms with Crippen molar-refractivity contribution in [2.24, 2.45) is 10.1 Å². The van der Waals surface area contributed by atoms with Crippen molar-refractivity contribution >= 4 is 45.5 Å². The first-order chi connectivity index (χ1) is 12.9. The predicted octanol–water partition coefficient (Wildman–Crippen LogP) is 3.02. The summed E-state index contributed by atoms with van der Waals surface area (Å²) in [7, 11) is 0. The summed E-state index contributed by atoms with van der Waals surface area (Å²) in [6, 6.07) is 9.63. The van der Waals surface area contributed by atoms with Crippen LogP contribution in [0.4, 0.5) is 5.69 Å². The van der Waals surface area contributed by atoms with Gasteiger partial charge in [-0.1, -0.05) is 0 Å². The van der Waals surface area contributed by atoms with E-state index in [2.05, 4.69) is 10.1 Å². The molecular weight excluding hydrogens is 368 g/mol. The zero-order valence-corrected chi connectivity index (χ0v) is 14.8. The van der Waals surface area contributed by atoms with Gasteiger partial charge in [0.15, 0.2) is 5.84 Å². The molecule has 2 aliphatic heterocycles. The molecule has 9 nitrogen and oxygen atoms in total. The van der Waals surface area contributed by atoms with Crippen LogP contribution in [0.2, 0.25) is 0 Å². The van der Waals surface area contributed by atoms with Crippen molar-refractivity contribution in [2.45, 2.75) is 6.92 Å². The molecule has 0 saturated carbocycles. The number of benzene rings is 1. The van der Waals surface area contributed by atoms with E-state index in [1.165, 1.54) is 28.9 Å². The highest BCUT2D eigenvalue weighted by atomic mass is 32.2. The van der Waals surface area contributed by atoms with Gasteiger partial charge in [0.2, 0.25) is 5.17 Å². The molecule has 1 aromatic carbocycles. The number of nitrogens with one attached hydrogen (secondary N) is 1. The summed E-state index contributed by atoms with van der Waals surface area (Å²) < 4.78 is 1.77. The van der Waals surface area contributed by atoms with Crippen molar-refractivity contribution in [2.75, 3.05) is 0 Å². The van der Waals surface area contributed by atoms with Gasteiger partial charge in [-0.15, -0.1) is 0 Å². The van der Waals surface area contributed by atoms with E-state index in [9.17, 15) is 14.9 Å². The van der Waals surface area contributed by atoms with Gasteiger partial charge in [0.25, 0.3) is 11.6 Å². The van der Waals surface area contributed by atoms with Crippen molar-refractivity contribution < 1.29 is 9.72 Å². The number of nitrogens with zero attached hydrogens (tertiary/aromatic N) is 5. The molecule has 0 spiro atoms. The molecule has 0 radical (unpaired) electrons. The number of non-ortho nitro benzene ring substituents is 1. The first kappa shape index (κ1) is 16.9. The Labute approximate surface area is 157 Å². The van der Waals surface area contributed by atoms with E-state index in [-0.39, 0.29) is 17.1 Å². The molecule has 0 atom stereocenters. The Balaban J connectivity index is 1.72. The van der Waals surface area contributed by atoms with Crippen LogP contribution in [-0.4, -0.2) is 36.5 Å². The molecule has 4 rings (SSSR count). The van der Waals surface area contributed by atoms with Crippen molar-refractivity contribution in [3.05, 3.63) is 64.0 Å². The molecule has 1 amide bonds. The zero-order chi connectivity index (χ0) is 19.1. The number of nitro groups is 1. The van der Waals surface area contributed by atoms with E-state index in [0.29, 0.717) is 21.6 Å². The predicted molar refractivity (Wildman–Crippen MR) is 103 cm³/mol. The summed E-state index contributed by atoms with van der Waals surface area (Å²) in [6.07, 6.45) is 3.34. The van der Waals surface area contributed by atoms with Crippen molar-refractivity contribution in [3.63, 3.8) is 0 Å². The third kappa shape index (κ3) is 2.95. The van der Waals surface area contributed by atoms with Crippen LogP contribution in [0, 0.1) is 15.5 Å². The number of aromatic nitrogens is 1. The van der Waals surface area contributed by atoms with Crippen LogP contribution < -0.4 is 0 Å². The number of carbonyl (C=O) groups excluding carboxylic acids is 1. The minimum absolute atomic E-state index is 0.00308. The van der Waals surface area contributed by atoms with Crippen LogP contribution in [0.3, 0.4) is 0 Å². The lowest BCUT2D eigenvalue weighted by molar-refractivity contribution is -0.384. The van der Waals surface area contributed by atoms with Gasteiger partial charge in [-0.05, 0) is 49.0 Å². The lowest BCUT2D eigenvalue weighted by Gasteiger charge is -2.20. The van der Waals surface area contributed by atoms with Gasteiger partial charge >= 0.3 is 0 Å². The van der Waals surface area contributed by atoms with E-state index in [4.69, 9.17) is 5.41 Å². The highest BCUT2D eigenvalue weighted by Gasteiger charge is 2.34. The van der Waals surface area contributed by atoms with Gasteiger partial charge < -0.3 is 4.57 Å². The number of hydrazone groups is 1. The van der Waals surface area contributed by atoms with Gasteiger partial charge in [0, 0.05) is 29.7 Å².